The van der Waals surface area contributed by atoms with Crippen molar-refractivity contribution in [1.82, 2.24) is 0 Å². The second kappa shape index (κ2) is 8.21. The molecule has 0 spiro atoms. The van der Waals surface area contributed by atoms with Crippen molar-refractivity contribution in [2.24, 2.45) is 17.8 Å². The normalized spacial score (nSPS) is 29.0. The lowest BCUT2D eigenvalue weighted by atomic mass is 9.71. The number of nitrogens with one attached hydrogen (secondary N) is 1. The number of anilines is 1. The van der Waals surface area contributed by atoms with Gasteiger partial charge in [0.1, 0.15) is 5.75 Å². The highest BCUT2D eigenvalue weighted by atomic mass is 16.5. The lowest BCUT2D eigenvalue weighted by molar-refractivity contribution is -0.0459. The van der Waals surface area contributed by atoms with Crippen LogP contribution in [0.3, 0.4) is 0 Å². The molecule has 1 saturated carbocycles. The van der Waals surface area contributed by atoms with Crippen LogP contribution in [0, 0.1) is 17.8 Å². The van der Waals surface area contributed by atoms with Crippen molar-refractivity contribution in [2.75, 3.05) is 18.5 Å². The second-order valence-corrected chi connectivity index (χ2v) is 8.95. The molecule has 26 heavy (non-hydrogen) atoms. The van der Waals surface area contributed by atoms with Gasteiger partial charge in [-0.25, -0.2) is 0 Å². The first-order chi connectivity index (χ1) is 12.7. The number of fused-ring (bicyclic) bond motifs is 3. The number of ether oxygens (including phenoxy) is 2. The molecule has 144 valence electrons. The Morgan fingerprint density at radius 1 is 1.12 bits per heavy atom. The average Bonchev–Trinajstić information content (AvgIpc) is 2.68. The minimum atomic E-state index is 0.251. The molecule has 3 atom stereocenters. The Balaban J connectivity index is 1.54. The summed E-state index contributed by atoms with van der Waals surface area (Å²) in [6.07, 6.45) is 10.8. The zero-order chi connectivity index (χ0) is 17.9. The Morgan fingerprint density at radius 2 is 1.96 bits per heavy atom. The van der Waals surface area contributed by atoms with Gasteiger partial charge in [0, 0.05) is 29.8 Å². The molecule has 0 aromatic heterocycles. The molecule has 1 saturated heterocycles. The van der Waals surface area contributed by atoms with Crippen LogP contribution in [0.25, 0.3) is 0 Å². The SMILES string of the molecule is CC(C)CCOc1ccc2c(c1)C1OCCC[C@H]1[C@H](C1CCCCC1)N2. The molecule has 3 nitrogen and oxygen atoms in total. The number of rotatable bonds is 5. The lowest BCUT2D eigenvalue weighted by Crippen LogP contribution is -2.46. The van der Waals surface area contributed by atoms with Gasteiger partial charge >= 0.3 is 0 Å². The van der Waals surface area contributed by atoms with Gasteiger partial charge in [0.2, 0.25) is 0 Å². The van der Waals surface area contributed by atoms with Gasteiger partial charge in [-0.1, -0.05) is 33.1 Å². The van der Waals surface area contributed by atoms with E-state index in [-0.39, 0.29) is 6.10 Å². The monoisotopic (exact) mass is 357 g/mol. The first-order valence-electron chi connectivity index (χ1n) is 10.9. The molecule has 2 fully saturated rings. The Kier molecular flexibility index (Phi) is 5.73. The summed E-state index contributed by atoms with van der Waals surface area (Å²) in [7, 11) is 0. The largest absolute Gasteiger partial charge is 0.494 e. The summed E-state index contributed by atoms with van der Waals surface area (Å²) in [4.78, 5) is 0. The van der Waals surface area contributed by atoms with Crippen LogP contribution in [0.2, 0.25) is 0 Å². The maximum Gasteiger partial charge on any atom is 0.119 e. The van der Waals surface area contributed by atoms with Crippen LogP contribution in [0.1, 0.15) is 76.9 Å². The molecule has 0 amide bonds. The van der Waals surface area contributed by atoms with Crippen LogP contribution >= 0.6 is 0 Å². The van der Waals surface area contributed by atoms with Crippen LogP contribution in [0.4, 0.5) is 5.69 Å². The second-order valence-electron chi connectivity index (χ2n) is 8.95. The Hall–Kier alpha value is -1.22. The molecule has 3 aliphatic rings. The summed E-state index contributed by atoms with van der Waals surface area (Å²) >= 11 is 0. The van der Waals surface area contributed by atoms with Gasteiger partial charge in [-0.15, -0.1) is 0 Å². The van der Waals surface area contributed by atoms with E-state index in [4.69, 9.17) is 9.47 Å². The van der Waals surface area contributed by atoms with Crippen molar-refractivity contribution in [1.29, 1.82) is 0 Å². The quantitative estimate of drug-likeness (QED) is 0.706. The van der Waals surface area contributed by atoms with Gasteiger partial charge in [0.05, 0.1) is 12.7 Å². The fourth-order valence-corrected chi connectivity index (χ4v) is 5.15. The molecule has 2 aliphatic heterocycles. The van der Waals surface area contributed by atoms with Gasteiger partial charge < -0.3 is 14.8 Å². The van der Waals surface area contributed by atoms with Crippen molar-refractivity contribution in [3.63, 3.8) is 0 Å². The van der Waals surface area contributed by atoms with Crippen molar-refractivity contribution < 1.29 is 9.47 Å². The van der Waals surface area contributed by atoms with E-state index in [2.05, 4.69) is 37.4 Å². The van der Waals surface area contributed by atoms with Crippen molar-refractivity contribution in [3.05, 3.63) is 23.8 Å². The summed E-state index contributed by atoms with van der Waals surface area (Å²) in [5, 5.41) is 3.93. The zero-order valence-electron chi connectivity index (χ0n) is 16.5. The van der Waals surface area contributed by atoms with Gasteiger partial charge in [-0.3, -0.25) is 0 Å². The van der Waals surface area contributed by atoms with E-state index in [9.17, 15) is 0 Å². The summed E-state index contributed by atoms with van der Waals surface area (Å²) in [6.45, 7) is 6.18. The molecule has 1 aliphatic carbocycles. The molecule has 1 aromatic rings. The standard InChI is InChI=1S/C23H35NO2/c1-16(2)12-14-25-18-10-11-21-20(15-18)23-19(9-6-13-26-23)22(24-21)17-7-4-3-5-8-17/h10-11,15-17,19,22-24H,3-9,12-14H2,1-2H3/t19-,22-,23?/m0/s1. The smallest absolute Gasteiger partial charge is 0.119 e. The number of hydrogen-bond acceptors (Lipinski definition) is 3. The minimum absolute atomic E-state index is 0.251. The van der Waals surface area contributed by atoms with E-state index in [0.717, 1.165) is 31.3 Å². The van der Waals surface area contributed by atoms with Gasteiger partial charge in [0.15, 0.2) is 0 Å². The molecule has 0 bridgehead atoms. The van der Waals surface area contributed by atoms with Crippen LogP contribution < -0.4 is 10.1 Å². The van der Waals surface area contributed by atoms with E-state index < -0.39 is 0 Å². The Bertz CT molecular complexity index is 594. The van der Waals surface area contributed by atoms with Gasteiger partial charge in [-0.05, 0) is 62.1 Å². The lowest BCUT2D eigenvalue weighted by Gasteiger charge is -2.47. The molecule has 1 unspecified atom stereocenters. The van der Waals surface area contributed by atoms with Crippen LogP contribution in [0.15, 0.2) is 18.2 Å². The minimum Gasteiger partial charge on any atom is -0.494 e. The van der Waals surface area contributed by atoms with E-state index in [1.165, 1.54) is 56.2 Å². The third kappa shape index (κ3) is 3.88. The van der Waals surface area contributed by atoms with Gasteiger partial charge in [0.25, 0.3) is 0 Å². The predicted molar refractivity (Wildman–Crippen MR) is 107 cm³/mol. The highest BCUT2D eigenvalue weighted by molar-refractivity contribution is 5.58. The first kappa shape index (κ1) is 18.2. The van der Waals surface area contributed by atoms with E-state index in [0.29, 0.717) is 17.9 Å². The molecule has 2 heterocycles. The van der Waals surface area contributed by atoms with Gasteiger partial charge in [-0.2, -0.15) is 0 Å². The molecule has 1 N–H and O–H groups in total. The molecule has 0 radical (unpaired) electrons. The van der Waals surface area contributed by atoms with Crippen LogP contribution in [0.5, 0.6) is 5.75 Å². The third-order valence-electron chi connectivity index (χ3n) is 6.60. The average molecular weight is 358 g/mol. The number of hydrogen-bond donors (Lipinski definition) is 1. The van der Waals surface area contributed by atoms with E-state index in [1.54, 1.807) is 0 Å². The summed E-state index contributed by atoms with van der Waals surface area (Å²) < 4.78 is 12.4. The molecular weight excluding hydrogens is 322 g/mol. The van der Waals surface area contributed by atoms with E-state index in [1.807, 2.05) is 0 Å². The third-order valence-corrected chi connectivity index (χ3v) is 6.60. The summed E-state index contributed by atoms with van der Waals surface area (Å²) in [6, 6.07) is 7.18. The first-order valence-corrected chi connectivity index (χ1v) is 10.9. The van der Waals surface area contributed by atoms with Crippen molar-refractivity contribution in [3.8, 4) is 5.75 Å². The van der Waals surface area contributed by atoms with Crippen LogP contribution in [-0.2, 0) is 4.74 Å². The molecule has 3 heteroatoms. The zero-order valence-corrected chi connectivity index (χ0v) is 16.5. The van der Waals surface area contributed by atoms with E-state index >= 15 is 0 Å². The summed E-state index contributed by atoms with van der Waals surface area (Å²) in [5.74, 6) is 3.10. The maximum atomic E-state index is 6.33. The maximum absolute atomic E-state index is 6.33. The van der Waals surface area contributed by atoms with Crippen LogP contribution in [-0.4, -0.2) is 19.3 Å². The van der Waals surface area contributed by atoms with Crippen molar-refractivity contribution >= 4 is 5.69 Å². The highest BCUT2D eigenvalue weighted by Gasteiger charge is 2.42. The fraction of sp³-hybridized carbons (Fsp3) is 0.739. The Labute approximate surface area is 158 Å². The Morgan fingerprint density at radius 3 is 2.77 bits per heavy atom. The van der Waals surface area contributed by atoms with Crippen molar-refractivity contribution in [2.45, 2.75) is 77.4 Å². The molecular formula is C23H35NO2. The summed E-state index contributed by atoms with van der Waals surface area (Å²) in [5.41, 5.74) is 2.60. The predicted octanol–water partition coefficient (Wildman–Crippen LogP) is 5.95. The molecule has 4 rings (SSSR count). The highest BCUT2D eigenvalue weighted by Crippen LogP contribution is 2.48. The fourth-order valence-electron chi connectivity index (χ4n) is 5.15. The number of benzene rings is 1. The topological polar surface area (TPSA) is 30.5 Å². The molecule has 1 aromatic carbocycles.